The minimum Gasteiger partial charge on any atom is -0.378 e. The molecule has 2 aromatic rings. The zero-order valence-corrected chi connectivity index (χ0v) is 16.4. The second-order valence-corrected chi connectivity index (χ2v) is 7.36. The van der Waals surface area contributed by atoms with E-state index in [4.69, 9.17) is 9.72 Å². The quantitative estimate of drug-likeness (QED) is 0.740. The fourth-order valence-electron chi connectivity index (χ4n) is 3.21. The summed E-state index contributed by atoms with van der Waals surface area (Å²) in [6, 6.07) is 2.06. The van der Waals surface area contributed by atoms with Gasteiger partial charge in [0.25, 0.3) is 0 Å². The molecule has 138 valence electrons. The Kier molecular flexibility index (Phi) is 5.16. The topological polar surface area (TPSA) is 70.5 Å². The fourth-order valence-corrected chi connectivity index (χ4v) is 3.41. The van der Waals surface area contributed by atoms with Crippen LogP contribution >= 0.6 is 15.9 Å². The maximum atomic E-state index is 5.44. The van der Waals surface area contributed by atoms with Gasteiger partial charge in [0.15, 0.2) is 0 Å². The monoisotopic (exact) mass is 419 g/mol. The molecule has 2 aromatic heterocycles. The van der Waals surface area contributed by atoms with Gasteiger partial charge in [-0.3, -0.25) is 0 Å². The largest absolute Gasteiger partial charge is 0.378 e. The molecule has 26 heavy (non-hydrogen) atoms. The normalized spacial score (nSPS) is 18.3. The predicted molar refractivity (Wildman–Crippen MR) is 104 cm³/mol. The molecule has 2 aliphatic rings. The highest BCUT2D eigenvalue weighted by atomic mass is 79.9. The summed E-state index contributed by atoms with van der Waals surface area (Å²) in [7, 11) is 0. The highest BCUT2D eigenvalue weighted by Crippen LogP contribution is 2.20. The van der Waals surface area contributed by atoms with Crippen LogP contribution in [0.5, 0.6) is 0 Å². The summed E-state index contributed by atoms with van der Waals surface area (Å²) in [5.41, 5.74) is 0.996. The van der Waals surface area contributed by atoms with Crippen LogP contribution in [0.1, 0.15) is 5.69 Å². The molecule has 0 unspecified atom stereocenters. The average molecular weight is 420 g/mol. The molecule has 4 rings (SSSR count). The van der Waals surface area contributed by atoms with E-state index < -0.39 is 0 Å². The molecule has 0 radical (unpaired) electrons. The number of aromatic nitrogens is 4. The summed E-state index contributed by atoms with van der Waals surface area (Å²) in [5.74, 6) is 2.57. The lowest BCUT2D eigenvalue weighted by atomic mass is 10.3. The second-order valence-electron chi connectivity index (χ2n) is 6.44. The van der Waals surface area contributed by atoms with Crippen LogP contribution in [0, 0.1) is 6.92 Å². The van der Waals surface area contributed by atoms with Crippen molar-refractivity contribution in [1.29, 1.82) is 0 Å². The summed E-state index contributed by atoms with van der Waals surface area (Å²) in [6.07, 6.45) is 3.57. The molecule has 0 aromatic carbocycles. The molecule has 0 N–H and O–H groups in total. The maximum absolute atomic E-state index is 5.44. The summed E-state index contributed by atoms with van der Waals surface area (Å²) < 4.78 is 6.34. The Bertz CT molecular complexity index is 743. The summed E-state index contributed by atoms with van der Waals surface area (Å²) >= 11 is 3.38. The molecule has 8 nitrogen and oxygen atoms in total. The summed E-state index contributed by atoms with van der Waals surface area (Å²) in [4.78, 5) is 25.0. The molecule has 0 atom stereocenters. The number of nitrogens with zero attached hydrogens (tertiary/aromatic N) is 7. The molecular weight excluding hydrogens is 398 g/mol. The van der Waals surface area contributed by atoms with Crippen molar-refractivity contribution in [3.8, 4) is 0 Å². The third-order valence-corrected chi connectivity index (χ3v) is 5.03. The highest BCUT2D eigenvalue weighted by Gasteiger charge is 2.22. The van der Waals surface area contributed by atoms with Crippen LogP contribution in [0.2, 0.25) is 0 Å². The first kappa shape index (κ1) is 17.4. The van der Waals surface area contributed by atoms with E-state index in [-0.39, 0.29) is 0 Å². The van der Waals surface area contributed by atoms with Crippen molar-refractivity contribution in [2.45, 2.75) is 6.92 Å². The van der Waals surface area contributed by atoms with Crippen molar-refractivity contribution < 1.29 is 4.74 Å². The van der Waals surface area contributed by atoms with Gasteiger partial charge < -0.3 is 19.4 Å². The lowest BCUT2D eigenvalue weighted by Gasteiger charge is -2.35. The molecule has 0 saturated carbocycles. The van der Waals surface area contributed by atoms with Crippen molar-refractivity contribution >= 4 is 33.6 Å². The minimum atomic E-state index is 0.754. The van der Waals surface area contributed by atoms with Crippen LogP contribution in [0.4, 0.5) is 17.7 Å². The van der Waals surface area contributed by atoms with Crippen molar-refractivity contribution in [1.82, 2.24) is 19.9 Å². The second kappa shape index (κ2) is 7.71. The van der Waals surface area contributed by atoms with E-state index in [0.717, 1.165) is 80.4 Å². The van der Waals surface area contributed by atoms with Crippen LogP contribution in [0.25, 0.3) is 0 Å². The van der Waals surface area contributed by atoms with Gasteiger partial charge in [-0.2, -0.15) is 4.98 Å². The van der Waals surface area contributed by atoms with Gasteiger partial charge in [0.2, 0.25) is 11.9 Å². The highest BCUT2D eigenvalue weighted by molar-refractivity contribution is 9.10. The third-order valence-electron chi connectivity index (χ3n) is 4.62. The number of piperazine rings is 1. The van der Waals surface area contributed by atoms with E-state index in [2.05, 4.69) is 51.6 Å². The van der Waals surface area contributed by atoms with E-state index in [0.29, 0.717) is 0 Å². The number of morpholine rings is 1. The molecule has 0 amide bonds. The number of rotatable bonds is 3. The molecule has 0 aliphatic carbocycles. The van der Waals surface area contributed by atoms with Crippen LogP contribution in [0.15, 0.2) is 22.9 Å². The Labute approximate surface area is 161 Å². The van der Waals surface area contributed by atoms with E-state index in [1.54, 1.807) is 12.4 Å². The number of halogens is 1. The molecule has 0 spiro atoms. The standard InChI is InChI=1S/C17H22BrN7O/c1-13-10-15(23-6-8-26-9-7-23)22-17(21-13)25-4-2-24(3-5-25)16-19-11-14(18)12-20-16/h10-12H,2-9H2,1H3. The first-order chi connectivity index (χ1) is 12.7. The van der Waals surface area contributed by atoms with Crippen LogP contribution < -0.4 is 14.7 Å². The number of hydrogen-bond donors (Lipinski definition) is 0. The van der Waals surface area contributed by atoms with Gasteiger partial charge in [-0.1, -0.05) is 0 Å². The molecule has 2 aliphatic heterocycles. The van der Waals surface area contributed by atoms with E-state index >= 15 is 0 Å². The first-order valence-corrected chi connectivity index (χ1v) is 9.64. The van der Waals surface area contributed by atoms with Crippen LogP contribution in [0.3, 0.4) is 0 Å². The molecule has 0 bridgehead atoms. The van der Waals surface area contributed by atoms with Crippen LogP contribution in [-0.4, -0.2) is 72.4 Å². The van der Waals surface area contributed by atoms with Gasteiger partial charge in [0.05, 0.1) is 17.7 Å². The maximum Gasteiger partial charge on any atom is 0.227 e. The van der Waals surface area contributed by atoms with Crippen molar-refractivity contribution in [3.63, 3.8) is 0 Å². The SMILES string of the molecule is Cc1cc(N2CCOCC2)nc(N2CCN(c3ncc(Br)cn3)CC2)n1. The molecule has 4 heterocycles. The summed E-state index contributed by atoms with van der Waals surface area (Å²) in [5, 5.41) is 0. The molecule has 9 heteroatoms. The number of aryl methyl sites for hydroxylation is 1. The lowest BCUT2D eigenvalue weighted by Crippen LogP contribution is -2.48. The Balaban J connectivity index is 1.45. The third kappa shape index (κ3) is 3.88. The predicted octanol–water partition coefficient (Wildman–Crippen LogP) is 1.50. The van der Waals surface area contributed by atoms with Gasteiger partial charge in [0, 0.05) is 63.4 Å². The average Bonchev–Trinajstić information content (AvgIpc) is 2.69. The minimum absolute atomic E-state index is 0.754. The lowest BCUT2D eigenvalue weighted by molar-refractivity contribution is 0.122. The zero-order chi connectivity index (χ0) is 17.9. The van der Waals surface area contributed by atoms with E-state index in [1.165, 1.54) is 0 Å². The van der Waals surface area contributed by atoms with Crippen molar-refractivity contribution in [2.75, 3.05) is 67.2 Å². The molecule has 2 fully saturated rings. The Morgan fingerprint density at radius 3 is 2.12 bits per heavy atom. The smallest absolute Gasteiger partial charge is 0.227 e. The molecule has 2 saturated heterocycles. The zero-order valence-electron chi connectivity index (χ0n) is 14.8. The number of ether oxygens (including phenoxy) is 1. The van der Waals surface area contributed by atoms with Gasteiger partial charge in [-0.05, 0) is 22.9 Å². The van der Waals surface area contributed by atoms with Crippen molar-refractivity contribution in [3.05, 3.63) is 28.6 Å². The van der Waals surface area contributed by atoms with Gasteiger partial charge in [-0.25, -0.2) is 15.0 Å². The van der Waals surface area contributed by atoms with Gasteiger partial charge in [0.1, 0.15) is 5.82 Å². The van der Waals surface area contributed by atoms with Gasteiger partial charge in [-0.15, -0.1) is 0 Å². The van der Waals surface area contributed by atoms with E-state index in [9.17, 15) is 0 Å². The van der Waals surface area contributed by atoms with Gasteiger partial charge >= 0.3 is 0 Å². The first-order valence-electron chi connectivity index (χ1n) is 8.85. The Hall–Kier alpha value is -2.00. The Morgan fingerprint density at radius 2 is 1.46 bits per heavy atom. The fraction of sp³-hybridized carbons (Fsp3) is 0.529. The number of anilines is 3. The Morgan fingerprint density at radius 1 is 0.846 bits per heavy atom. The van der Waals surface area contributed by atoms with Crippen molar-refractivity contribution in [2.24, 2.45) is 0 Å². The molecular formula is C17H22BrN7O. The number of hydrogen-bond acceptors (Lipinski definition) is 8. The van der Waals surface area contributed by atoms with Crippen LogP contribution in [-0.2, 0) is 4.74 Å². The summed E-state index contributed by atoms with van der Waals surface area (Å²) in [6.45, 7) is 8.71. The van der Waals surface area contributed by atoms with E-state index in [1.807, 2.05) is 6.92 Å².